The molecular weight excluding hydrogens is 507 g/mol. The van der Waals surface area contributed by atoms with Crippen molar-refractivity contribution in [3.05, 3.63) is 47.7 Å². The fraction of sp³-hybridized carbons (Fsp3) is 0.478. The van der Waals surface area contributed by atoms with E-state index in [-0.39, 0.29) is 17.6 Å². The molecule has 1 N–H and O–H groups in total. The van der Waals surface area contributed by atoms with Gasteiger partial charge in [0, 0.05) is 44.2 Å². The van der Waals surface area contributed by atoms with E-state index in [2.05, 4.69) is 10.3 Å². The van der Waals surface area contributed by atoms with E-state index >= 15 is 0 Å². The lowest BCUT2D eigenvalue weighted by molar-refractivity contribution is -0.138. The molecule has 0 bridgehead atoms. The van der Waals surface area contributed by atoms with Crippen LogP contribution in [0.1, 0.15) is 31.2 Å². The number of hydrogen-bond acceptors (Lipinski definition) is 6. The van der Waals surface area contributed by atoms with Crippen LogP contribution in [-0.4, -0.2) is 62.2 Å². The zero-order chi connectivity index (χ0) is 26.3. The number of rotatable bonds is 5. The van der Waals surface area contributed by atoms with E-state index in [9.17, 15) is 35.2 Å². The van der Waals surface area contributed by atoms with Crippen LogP contribution in [-0.2, 0) is 20.8 Å². The molecule has 1 amide bonds. The zero-order valence-corrected chi connectivity index (χ0v) is 20.2. The number of nitrogens with one attached hydrogen (secondary N) is 1. The number of pyridine rings is 1. The van der Waals surface area contributed by atoms with E-state index in [0.29, 0.717) is 57.2 Å². The van der Waals surface area contributed by atoms with E-state index in [0.717, 1.165) is 24.6 Å². The Balaban J connectivity index is 1.39. The second-order valence-electron chi connectivity index (χ2n) is 9.03. The van der Waals surface area contributed by atoms with Crippen LogP contribution in [0.15, 0.2) is 35.4 Å². The van der Waals surface area contributed by atoms with E-state index < -0.39 is 44.1 Å². The van der Waals surface area contributed by atoms with E-state index in [1.807, 2.05) is 4.90 Å². The first-order valence-corrected chi connectivity index (χ1v) is 13.3. The first kappa shape index (κ1) is 26.1. The van der Waals surface area contributed by atoms with Gasteiger partial charge in [-0.05, 0) is 43.9 Å². The van der Waals surface area contributed by atoms with Gasteiger partial charge in [0.2, 0.25) is 5.91 Å². The SMILES string of the molecule is CS(=O)(=O)c1cc(F)c(NC2CCCN(C3CCN(c4ccc(C(F)(F)F)cn4)CC3)C2=O)cc1F. The van der Waals surface area contributed by atoms with Crippen LogP contribution in [0.3, 0.4) is 0 Å². The summed E-state index contributed by atoms with van der Waals surface area (Å²) in [6.07, 6.45) is -0.688. The average Bonchev–Trinajstić information content (AvgIpc) is 2.81. The molecule has 0 spiro atoms. The summed E-state index contributed by atoms with van der Waals surface area (Å²) in [7, 11) is -3.95. The van der Waals surface area contributed by atoms with Crippen LogP contribution in [0, 0.1) is 11.6 Å². The summed E-state index contributed by atoms with van der Waals surface area (Å²) in [5, 5.41) is 2.73. The van der Waals surface area contributed by atoms with Crippen LogP contribution in [0.5, 0.6) is 0 Å². The number of hydrogen-bond donors (Lipinski definition) is 1. The number of anilines is 2. The summed E-state index contributed by atoms with van der Waals surface area (Å²) >= 11 is 0. The Kier molecular flexibility index (Phi) is 7.13. The fourth-order valence-electron chi connectivity index (χ4n) is 4.65. The van der Waals surface area contributed by atoms with Crippen LogP contribution in [0.2, 0.25) is 0 Å². The predicted molar refractivity (Wildman–Crippen MR) is 122 cm³/mol. The van der Waals surface area contributed by atoms with Gasteiger partial charge in [0.25, 0.3) is 0 Å². The highest BCUT2D eigenvalue weighted by molar-refractivity contribution is 7.90. The van der Waals surface area contributed by atoms with Crippen molar-refractivity contribution in [1.82, 2.24) is 9.88 Å². The number of likely N-dealkylation sites (tertiary alicyclic amines) is 1. The maximum atomic E-state index is 14.5. The first-order chi connectivity index (χ1) is 16.8. The topological polar surface area (TPSA) is 82.6 Å². The molecule has 2 aromatic rings. The lowest BCUT2D eigenvalue weighted by atomic mass is 9.97. The highest BCUT2D eigenvalue weighted by Crippen LogP contribution is 2.31. The highest BCUT2D eigenvalue weighted by atomic mass is 32.2. The minimum Gasteiger partial charge on any atom is -0.371 e. The summed E-state index contributed by atoms with van der Waals surface area (Å²) in [4.78, 5) is 19.9. The summed E-state index contributed by atoms with van der Waals surface area (Å²) < 4.78 is 90.3. The predicted octanol–water partition coefficient (Wildman–Crippen LogP) is 3.85. The Morgan fingerprint density at radius 3 is 2.31 bits per heavy atom. The van der Waals surface area contributed by atoms with Crippen molar-refractivity contribution in [3.63, 3.8) is 0 Å². The summed E-state index contributed by atoms with van der Waals surface area (Å²) in [6.45, 7) is 1.50. The molecule has 4 rings (SSSR count). The highest BCUT2D eigenvalue weighted by Gasteiger charge is 2.36. The second kappa shape index (κ2) is 9.83. The van der Waals surface area contributed by atoms with Gasteiger partial charge in [-0.15, -0.1) is 0 Å². The lowest BCUT2D eigenvalue weighted by Gasteiger charge is -2.42. The molecule has 2 aliphatic heterocycles. The number of nitrogens with zero attached hydrogens (tertiary/aromatic N) is 3. The number of alkyl halides is 3. The van der Waals surface area contributed by atoms with Crippen LogP contribution in [0.4, 0.5) is 33.5 Å². The monoisotopic (exact) mass is 532 g/mol. The molecule has 0 aliphatic carbocycles. The summed E-state index contributed by atoms with van der Waals surface area (Å²) in [6, 6.07) is 2.76. The smallest absolute Gasteiger partial charge is 0.371 e. The van der Waals surface area contributed by atoms with Gasteiger partial charge in [-0.3, -0.25) is 4.79 Å². The molecule has 196 valence electrons. The number of halogens is 5. The molecule has 1 aromatic heterocycles. The first-order valence-electron chi connectivity index (χ1n) is 11.4. The van der Waals surface area contributed by atoms with Crippen LogP contribution < -0.4 is 10.2 Å². The van der Waals surface area contributed by atoms with Gasteiger partial charge in [0.15, 0.2) is 9.84 Å². The largest absolute Gasteiger partial charge is 0.417 e. The van der Waals surface area contributed by atoms with Crippen molar-refractivity contribution >= 4 is 27.2 Å². The number of amides is 1. The molecule has 3 heterocycles. The molecule has 0 saturated carbocycles. The van der Waals surface area contributed by atoms with Gasteiger partial charge in [-0.1, -0.05) is 0 Å². The van der Waals surface area contributed by atoms with E-state index in [1.54, 1.807) is 4.90 Å². The molecule has 1 aromatic carbocycles. The molecule has 1 unspecified atom stereocenters. The third-order valence-electron chi connectivity index (χ3n) is 6.53. The molecule has 0 radical (unpaired) electrons. The Morgan fingerprint density at radius 1 is 1.03 bits per heavy atom. The Hall–Kier alpha value is -2.96. The van der Waals surface area contributed by atoms with Crippen molar-refractivity contribution in [2.45, 2.75) is 48.8 Å². The van der Waals surface area contributed by atoms with E-state index in [4.69, 9.17) is 0 Å². The average molecular weight is 533 g/mol. The lowest BCUT2D eigenvalue weighted by Crippen LogP contribution is -2.54. The zero-order valence-electron chi connectivity index (χ0n) is 19.4. The third kappa shape index (κ3) is 5.55. The standard InChI is InChI=1S/C23H25F5N4O3S/c1-36(34,35)20-12-16(24)19(11-17(20)25)30-18-3-2-8-32(22(18)33)15-6-9-31(10-7-15)21-5-4-14(13-29-21)23(26,27)28/h4-5,11-13,15,18,30H,2-3,6-10H2,1H3. The molecule has 1 atom stereocenters. The van der Waals surface area contributed by atoms with Crippen LogP contribution >= 0.6 is 0 Å². The maximum absolute atomic E-state index is 14.5. The number of carbonyl (C=O) groups excluding carboxylic acids is 1. The molecule has 36 heavy (non-hydrogen) atoms. The van der Waals surface area contributed by atoms with Crippen molar-refractivity contribution in [1.29, 1.82) is 0 Å². The van der Waals surface area contributed by atoms with Gasteiger partial charge in [-0.25, -0.2) is 22.2 Å². The maximum Gasteiger partial charge on any atom is 0.417 e. The fourth-order valence-corrected chi connectivity index (χ4v) is 5.39. The van der Waals surface area contributed by atoms with Crippen molar-refractivity contribution in [3.8, 4) is 0 Å². The molecule has 7 nitrogen and oxygen atoms in total. The number of sulfone groups is 1. The second-order valence-corrected chi connectivity index (χ2v) is 11.0. The van der Waals surface area contributed by atoms with Crippen molar-refractivity contribution in [2.75, 3.05) is 36.1 Å². The minimum atomic E-state index is -4.46. The Bertz CT molecular complexity index is 1230. The quantitative estimate of drug-likeness (QED) is 0.590. The van der Waals surface area contributed by atoms with Gasteiger partial charge >= 0.3 is 6.18 Å². The van der Waals surface area contributed by atoms with Gasteiger partial charge in [0.05, 0.1) is 11.3 Å². The summed E-state index contributed by atoms with van der Waals surface area (Å²) in [5.74, 6) is -1.91. The Morgan fingerprint density at radius 2 is 1.72 bits per heavy atom. The molecule has 13 heteroatoms. The van der Waals surface area contributed by atoms with Crippen molar-refractivity contribution < 1.29 is 35.2 Å². The number of benzene rings is 1. The van der Waals surface area contributed by atoms with Crippen molar-refractivity contribution in [2.24, 2.45) is 0 Å². The number of piperidine rings is 2. The van der Waals surface area contributed by atoms with Gasteiger partial charge in [-0.2, -0.15) is 13.2 Å². The molecule has 2 saturated heterocycles. The number of aromatic nitrogens is 1. The van der Waals surface area contributed by atoms with E-state index in [1.165, 1.54) is 6.07 Å². The molecule has 2 aliphatic rings. The molecular formula is C23H25F5N4O3S. The number of carbonyl (C=O) groups is 1. The third-order valence-corrected chi connectivity index (χ3v) is 7.64. The minimum absolute atomic E-state index is 0.109. The van der Waals surface area contributed by atoms with Gasteiger partial charge in [0.1, 0.15) is 28.4 Å². The molecule has 2 fully saturated rings. The Labute approximate surface area is 205 Å². The van der Waals surface area contributed by atoms with Gasteiger partial charge < -0.3 is 15.1 Å². The van der Waals surface area contributed by atoms with Crippen LogP contribution in [0.25, 0.3) is 0 Å². The normalized spacial score (nSPS) is 20.1. The summed E-state index contributed by atoms with van der Waals surface area (Å²) in [5.41, 5.74) is -1.11.